The topological polar surface area (TPSA) is 43.9 Å². The molecule has 2 amide bonds. The highest BCUT2D eigenvalue weighted by Gasteiger charge is 2.41. The molecule has 0 bridgehead atoms. The minimum atomic E-state index is 0.142. The number of hydrogen-bond donors (Lipinski definition) is 0. The van der Waals surface area contributed by atoms with Gasteiger partial charge in [-0.15, -0.1) is 0 Å². The first kappa shape index (κ1) is 19.9. The Hall–Kier alpha value is -1.88. The van der Waals surface area contributed by atoms with Gasteiger partial charge in [-0.1, -0.05) is 19.1 Å². The van der Waals surface area contributed by atoms with E-state index < -0.39 is 0 Å². The number of benzene rings is 1. The summed E-state index contributed by atoms with van der Waals surface area (Å²) >= 11 is 0. The van der Waals surface area contributed by atoms with Gasteiger partial charge in [0.1, 0.15) is 0 Å². The van der Waals surface area contributed by atoms with Gasteiger partial charge in [0, 0.05) is 44.7 Å². The van der Waals surface area contributed by atoms with Crippen molar-refractivity contribution in [3.8, 4) is 0 Å². The number of carbonyl (C=O) groups is 2. The largest absolute Gasteiger partial charge is 0.341 e. The van der Waals surface area contributed by atoms with E-state index in [1.807, 2.05) is 48.2 Å². The van der Waals surface area contributed by atoms with E-state index in [0.717, 1.165) is 64.0 Å². The number of amides is 2. The second-order valence-electron chi connectivity index (χ2n) is 8.46. The Kier molecular flexibility index (Phi) is 6.20. The quantitative estimate of drug-likeness (QED) is 0.799. The van der Waals surface area contributed by atoms with Crippen LogP contribution in [-0.4, -0.2) is 73.3 Å². The lowest BCUT2D eigenvalue weighted by Crippen LogP contribution is -2.53. The molecular weight excluding hydrogens is 338 g/mol. The molecule has 0 atom stereocenters. The van der Waals surface area contributed by atoms with Crippen molar-refractivity contribution in [2.24, 2.45) is 5.41 Å². The third kappa shape index (κ3) is 4.70. The molecule has 2 saturated heterocycles. The summed E-state index contributed by atoms with van der Waals surface area (Å²) in [6.45, 7) is 6.28. The van der Waals surface area contributed by atoms with Gasteiger partial charge in [0.2, 0.25) is 5.91 Å². The van der Waals surface area contributed by atoms with Crippen LogP contribution in [-0.2, 0) is 11.2 Å². The van der Waals surface area contributed by atoms with Crippen LogP contribution in [0.3, 0.4) is 0 Å². The van der Waals surface area contributed by atoms with E-state index in [1.165, 1.54) is 5.56 Å². The van der Waals surface area contributed by atoms with E-state index in [9.17, 15) is 9.59 Å². The molecular formula is C22H33N3O2. The maximum absolute atomic E-state index is 12.8. The summed E-state index contributed by atoms with van der Waals surface area (Å²) in [5.41, 5.74) is 2.24. The van der Waals surface area contributed by atoms with Gasteiger partial charge in [-0.05, 0) is 62.9 Å². The Morgan fingerprint density at radius 3 is 2.37 bits per heavy atom. The van der Waals surface area contributed by atoms with E-state index in [1.54, 1.807) is 0 Å². The molecule has 0 aliphatic carbocycles. The van der Waals surface area contributed by atoms with Crippen LogP contribution in [0.2, 0.25) is 0 Å². The number of likely N-dealkylation sites (N-methyl/N-ethyl adjacent to an activating group) is 1. The van der Waals surface area contributed by atoms with Gasteiger partial charge in [0.05, 0.1) is 0 Å². The maximum Gasteiger partial charge on any atom is 0.253 e. The average molecular weight is 372 g/mol. The molecule has 3 rings (SSSR count). The smallest absolute Gasteiger partial charge is 0.253 e. The van der Waals surface area contributed by atoms with Gasteiger partial charge >= 0.3 is 0 Å². The predicted octanol–water partition coefficient (Wildman–Crippen LogP) is 2.66. The van der Waals surface area contributed by atoms with Crippen molar-refractivity contribution in [1.29, 1.82) is 0 Å². The van der Waals surface area contributed by atoms with Crippen LogP contribution >= 0.6 is 0 Å². The molecule has 0 aromatic heterocycles. The van der Waals surface area contributed by atoms with E-state index >= 15 is 0 Å². The summed E-state index contributed by atoms with van der Waals surface area (Å²) < 4.78 is 0. The van der Waals surface area contributed by atoms with Crippen molar-refractivity contribution in [1.82, 2.24) is 14.7 Å². The number of likely N-dealkylation sites (tertiary alicyclic amines) is 2. The van der Waals surface area contributed by atoms with E-state index in [-0.39, 0.29) is 17.2 Å². The Morgan fingerprint density at radius 2 is 1.78 bits per heavy atom. The van der Waals surface area contributed by atoms with Crippen molar-refractivity contribution >= 4 is 11.8 Å². The zero-order valence-corrected chi connectivity index (χ0v) is 17.0. The molecule has 0 saturated carbocycles. The van der Waals surface area contributed by atoms with Gasteiger partial charge in [-0.25, -0.2) is 0 Å². The number of aryl methyl sites for hydroxylation is 1. The fraction of sp³-hybridized carbons (Fsp3) is 0.636. The molecule has 0 radical (unpaired) electrons. The summed E-state index contributed by atoms with van der Waals surface area (Å²) in [7, 11) is 4.09. The van der Waals surface area contributed by atoms with Crippen LogP contribution in [0.5, 0.6) is 0 Å². The molecule has 2 aliphatic heterocycles. The highest BCUT2D eigenvalue weighted by Crippen LogP contribution is 2.40. The second-order valence-corrected chi connectivity index (χ2v) is 8.46. The summed E-state index contributed by atoms with van der Waals surface area (Å²) in [4.78, 5) is 31.3. The van der Waals surface area contributed by atoms with Crippen LogP contribution in [0.15, 0.2) is 24.3 Å². The lowest BCUT2D eigenvalue weighted by molar-refractivity contribution is -0.139. The minimum Gasteiger partial charge on any atom is -0.341 e. The molecule has 5 nitrogen and oxygen atoms in total. The normalized spacial score (nSPS) is 19.8. The fourth-order valence-corrected chi connectivity index (χ4v) is 4.28. The summed E-state index contributed by atoms with van der Waals surface area (Å²) in [5, 5.41) is 0. The minimum absolute atomic E-state index is 0.142. The number of carbonyl (C=O) groups excluding carboxylic acids is 2. The highest BCUT2D eigenvalue weighted by molar-refractivity contribution is 5.94. The molecule has 2 aliphatic rings. The third-order valence-electron chi connectivity index (χ3n) is 6.29. The molecule has 0 N–H and O–H groups in total. The number of piperidine rings is 2. The fourth-order valence-electron chi connectivity index (χ4n) is 4.28. The Labute approximate surface area is 163 Å². The Morgan fingerprint density at radius 1 is 1.11 bits per heavy atom. The molecule has 2 fully saturated rings. The Bertz CT molecular complexity index is 661. The monoisotopic (exact) mass is 371 g/mol. The third-order valence-corrected chi connectivity index (χ3v) is 6.29. The first-order valence-electron chi connectivity index (χ1n) is 10.2. The summed E-state index contributed by atoms with van der Waals surface area (Å²) in [6, 6.07) is 8.00. The zero-order valence-electron chi connectivity index (χ0n) is 17.0. The van der Waals surface area contributed by atoms with E-state index in [4.69, 9.17) is 0 Å². The Balaban J connectivity index is 1.58. The lowest BCUT2D eigenvalue weighted by Gasteiger charge is -2.47. The molecule has 148 valence electrons. The van der Waals surface area contributed by atoms with E-state index in [2.05, 4.69) is 11.8 Å². The van der Waals surface area contributed by atoms with Crippen LogP contribution in [0.4, 0.5) is 0 Å². The van der Waals surface area contributed by atoms with Gasteiger partial charge in [0.25, 0.3) is 5.91 Å². The van der Waals surface area contributed by atoms with Gasteiger partial charge in [-0.3, -0.25) is 9.59 Å². The maximum atomic E-state index is 12.8. The molecule has 27 heavy (non-hydrogen) atoms. The van der Waals surface area contributed by atoms with Gasteiger partial charge in [-0.2, -0.15) is 0 Å². The standard InChI is InChI=1S/C22H33N3O2/c1-4-18-5-7-19(8-6-18)21(27)24-13-11-22(12-14-24)10-9-20(26)25(17-22)16-15-23(2)3/h5-8H,4,9-17H2,1-3H3. The lowest BCUT2D eigenvalue weighted by atomic mass is 9.72. The van der Waals surface area contributed by atoms with Gasteiger partial charge in [0.15, 0.2) is 0 Å². The van der Waals surface area contributed by atoms with Crippen LogP contribution in [0, 0.1) is 5.41 Å². The molecule has 1 spiro atoms. The number of rotatable bonds is 5. The highest BCUT2D eigenvalue weighted by atomic mass is 16.2. The SMILES string of the molecule is CCc1ccc(C(=O)N2CCC3(CCC(=O)N(CCN(C)C)C3)CC2)cc1. The first-order chi connectivity index (χ1) is 12.9. The van der Waals surface area contributed by atoms with Crippen molar-refractivity contribution in [3.63, 3.8) is 0 Å². The zero-order chi connectivity index (χ0) is 19.4. The summed E-state index contributed by atoms with van der Waals surface area (Å²) in [6.07, 6.45) is 4.61. The van der Waals surface area contributed by atoms with Crippen LogP contribution in [0.25, 0.3) is 0 Å². The van der Waals surface area contributed by atoms with Crippen molar-refractivity contribution in [2.75, 3.05) is 46.8 Å². The predicted molar refractivity (Wildman–Crippen MR) is 108 cm³/mol. The molecule has 2 heterocycles. The van der Waals surface area contributed by atoms with E-state index in [0.29, 0.717) is 6.42 Å². The van der Waals surface area contributed by atoms with Crippen molar-refractivity contribution in [3.05, 3.63) is 35.4 Å². The molecule has 0 unspecified atom stereocenters. The first-order valence-corrected chi connectivity index (χ1v) is 10.2. The molecule has 1 aromatic rings. The molecule has 5 heteroatoms. The number of nitrogens with zero attached hydrogens (tertiary/aromatic N) is 3. The molecule has 1 aromatic carbocycles. The number of hydrogen-bond acceptors (Lipinski definition) is 3. The van der Waals surface area contributed by atoms with Crippen LogP contribution < -0.4 is 0 Å². The average Bonchev–Trinajstić information content (AvgIpc) is 2.69. The summed E-state index contributed by atoms with van der Waals surface area (Å²) in [5.74, 6) is 0.431. The van der Waals surface area contributed by atoms with Crippen molar-refractivity contribution < 1.29 is 9.59 Å². The second kappa shape index (κ2) is 8.42. The van der Waals surface area contributed by atoms with Crippen LogP contribution in [0.1, 0.15) is 48.5 Å². The van der Waals surface area contributed by atoms with Gasteiger partial charge < -0.3 is 14.7 Å². The van der Waals surface area contributed by atoms with Crippen molar-refractivity contribution in [2.45, 2.75) is 39.0 Å².